The highest BCUT2D eigenvalue weighted by atomic mass is 16.5. The molecular formula is C13H19N3O3. The molecule has 2 heterocycles. The van der Waals surface area contributed by atoms with Crippen molar-refractivity contribution in [3.05, 3.63) is 17.8 Å². The summed E-state index contributed by atoms with van der Waals surface area (Å²) in [6.45, 7) is 3.55. The van der Waals surface area contributed by atoms with Gasteiger partial charge in [0.05, 0.1) is 25.1 Å². The molecule has 1 aliphatic heterocycles. The normalized spacial score (nSPS) is 22.2. The first kappa shape index (κ1) is 13.6. The molecule has 104 valence electrons. The molecule has 19 heavy (non-hydrogen) atoms. The largest absolute Gasteiger partial charge is 0.465 e. The number of nitrogens with one attached hydrogen (secondary N) is 1. The summed E-state index contributed by atoms with van der Waals surface area (Å²) in [6.07, 6.45) is 2.75. The number of anilines is 2. The number of aromatic nitrogens is 1. The maximum absolute atomic E-state index is 11.7. The van der Waals surface area contributed by atoms with Crippen LogP contribution in [0.2, 0.25) is 0 Å². The third-order valence-corrected chi connectivity index (χ3v) is 3.38. The van der Waals surface area contributed by atoms with E-state index in [0.29, 0.717) is 29.5 Å². The number of hydrogen-bond acceptors (Lipinski definition) is 6. The van der Waals surface area contributed by atoms with Crippen molar-refractivity contribution in [2.45, 2.75) is 19.4 Å². The average molecular weight is 265 g/mol. The molecule has 3 N–H and O–H groups in total. The van der Waals surface area contributed by atoms with Gasteiger partial charge in [-0.15, -0.1) is 0 Å². The summed E-state index contributed by atoms with van der Waals surface area (Å²) in [5, 5.41) is 3.18. The van der Waals surface area contributed by atoms with Crippen LogP contribution in [-0.2, 0) is 9.47 Å². The van der Waals surface area contributed by atoms with Gasteiger partial charge in [0.25, 0.3) is 0 Å². The fraction of sp³-hybridized carbons (Fsp3) is 0.538. The van der Waals surface area contributed by atoms with Crippen LogP contribution in [-0.4, -0.2) is 37.3 Å². The molecule has 0 aromatic carbocycles. The quantitative estimate of drug-likeness (QED) is 0.798. The summed E-state index contributed by atoms with van der Waals surface area (Å²) >= 11 is 0. The van der Waals surface area contributed by atoms with Crippen molar-refractivity contribution in [2.24, 2.45) is 5.92 Å². The summed E-state index contributed by atoms with van der Waals surface area (Å²) < 4.78 is 10.2. The van der Waals surface area contributed by atoms with Crippen molar-refractivity contribution < 1.29 is 14.3 Å². The average Bonchev–Trinajstić information content (AvgIpc) is 2.82. The van der Waals surface area contributed by atoms with E-state index in [-0.39, 0.29) is 6.10 Å². The predicted molar refractivity (Wildman–Crippen MR) is 72.0 cm³/mol. The Kier molecular flexibility index (Phi) is 4.21. The maximum atomic E-state index is 11.7. The van der Waals surface area contributed by atoms with Crippen LogP contribution in [0.1, 0.15) is 23.7 Å². The first-order valence-corrected chi connectivity index (χ1v) is 6.31. The molecular weight excluding hydrogens is 246 g/mol. The molecule has 2 atom stereocenters. The first-order valence-electron chi connectivity index (χ1n) is 6.31. The molecule has 6 heteroatoms. The number of nitrogens with zero attached hydrogens (tertiary/aromatic N) is 1. The van der Waals surface area contributed by atoms with Gasteiger partial charge in [0.15, 0.2) is 0 Å². The lowest BCUT2D eigenvalue weighted by atomic mass is 10.0. The predicted octanol–water partition coefficient (Wildman–Crippen LogP) is 1.29. The molecule has 1 aromatic heterocycles. The van der Waals surface area contributed by atoms with Gasteiger partial charge in [-0.3, -0.25) is 0 Å². The van der Waals surface area contributed by atoms with Gasteiger partial charge in [-0.05, 0) is 19.4 Å². The van der Waals surface area contributed by atoms with E-state index in [1.165, 1.54) is 13.3 Å². The number of ether oxygens (including phenoxy) is 2. The minimum Gasteiger partial charge on any atom is -0.465 e. The van der Waals surface area contributed by atoms with E-state index >= 15 is 0 Å². The van der Waals surface area contributed by atoms with Crippen molar-refractivity contribution in [1.82, 2.24) is 4.98 Å². The summed E-state index contributed by atoms with van der Waals surface area (Å²) in [6, 6.07) is 1.57. The second-order valence-corrected chi connectivity index (χ2v) is 4.66. The zero-order valence-corrected chi connectivity index (χ0v) is 11.2. The van der Waals surface area contributed by atoms with Crippen LogP contribution in [0, 0.1) is 5.92 Å². The van der Waals surface area contributed by atoms with Crippen LogP contribution < -0.4 is 11.1 Å². The van der Waals surface area contributed by atoms with Gasteiger partial charge in [-0.1, -0.05) is 0 Å². The molecule has 1 aliphatic rings. The maximum Gasteiger partial charge on any atom is 0.341 e. The van der Waals surface area contributed by atoms with Crippen molar-refractivity contribution in [1.29, 1.82) is 0 Å². The highest BCUT2D eigenvalue weighted by Crippen LogP contribution is 2.22. The lowest BCUT2D eigenvalue weighted by molar-refractivity contribution is 0.0601. The smallest absolute Gasteiger partial charge is 0.341 e. The highest BCUT2D eigenvalue weighted by Gasteiger charge is 2.24. The number of esters is 1. The number of nitrogen functional groups attached to an aromatic ring is 1. The second kappa shape index (κ2) is 5.88. The Bertz CT molecular complexity index is 464. The Labute approximate surface area is 112 Å². The molecule has 1 saturated heterocycles. The van der Waals surface area contributed by atoms with Crippen LogP contribution in [0.15, 0.2) is 12.3 Å². The van der Waals surface area contributed by atoms with Crippen LogP contribution >= 0.6 is 0 Å². The molecule has 0 amide bonds. The Morgan fingerprint density at radius 1 is 1.68 bits per heavy atom. The molecule has 2 unspecified atom stereocenters. The zero-order valence-electron chi connectivity index (χ0n) is 11.2. The zero-order chi connectivity index (χ0) is 13.8. The molecule has 0 saturated carbocycles. The van der Waals surface area contributed by atoms with Gasteiger partial charge in [0.2, 0.25) is 0 Å². The van der Waals surface area contributed by atoms with E-state index in [2.05, 4.69) is 17.2 Å². The van der Waals surface area contributed by atoms with Gasteiger partial charge < -0.3 is 20.5 Å². The van der Waals surface area contributed by atoms with Crippen molar-refractivity contribution in [3.63, 3.8) is 0 Å². The summed E-state index contributed by atoms with van der Waals surface area (Å²) in [5.41, 5.74) is 6.43. The molecule has 0 radical (unpaired) electrons. The van der Waals surface area contributed by atoms with Gasteiger partial charge >= 0.3 is 5.97 Å². The second-order valence-electron chi connectivity index (χ2n) is 4.66. The van der Waals surface area contributed by atoms with E-state index in [1.807, 2.05) is 0 Å². The Morgan fingerprint density at radius 3 is 3.11 bits per heavy atom. The van der Waals surface area contributed by atoms with Gasteiger partial charge in [-0.2, -0.15) is 0 Å². The number of nitrogens with two attached hydrogens (primary N) is 1. The van der Waals surface area contributed by atoms with Gasteiger partial charge in [-0.25, -0.2) is 9.78 Å². The third-order valence-electron chi connectivity index (χ3n) is 3.38. The Morgan fingerprint density at radius 2 is 2.47 bits per heavy atom. The summed E-state index contributed by atoms with van der Waals surface area (Å²) in [5.74, 6) is 0.475. The Balaban J connectivity index is 2.08. The lowest BCUT2D eigenvalue weighted by Gasteiger charge is -2.16. The van der Waals surface area contributed by atoms with E-state index in [1.54, 1.807) is 6.07 Å². The number of carbonyl (C=O) groups excluding carboxylic acids is 1. The van der Waals surface area contributed by atoms with Crippen molar-refractivity contribution in [3.8, 4) is 0 Å². The standard InChI is InChI=1S/C13H19N3O3/c1-8-9(3-4-19-8)6-15-12-11(13(17)18-2)5-10(14)7-16-12/h5,7-9H,3-4,6,14H2,1-2H3,(H,15,16). The summed E-state index contributed by atoms with van der Waals surface area (Å²) in [7, 11) is 1.34. The molecule has 1 fully saturated rings. The third kappa shape index (κ3) is 3.14. The first-order chi connectivity index (χ1) is 9.11. The number of hydrogen-bond donors (Lipinski definition) is 2. The van der Waals surface area contributed by atoms with E-state index in [4.69, 9.17) is 15.2 Å². The molecule has 6 nitrogen and oxygen atoms in total. The molecule has 0 bridgehead atoms. The van der Waals surface area contributed by atoms with Gasteiger partial charge in [0, 0.05) is 19.1 Å². The minimum atomic E-state index is -0.446. The Hall–Kier alpha value is -1.82. The number of pyridine rings is 1. The van der Waals surface area contributed by atoms with Crippen molar-refractivity contribution in [2.75, 3.05) is 31.3 Å². The topological polar surface area (TPSA) is 86.5 Å². The fourth-order valence-corrected chi connectivity index (χ4v) is 2.16. The lowest BCUT2D eigenvalue weighted by Crippen LogP contribution is -2.22. The number of carbonyl (C=O) groups is 1. The SMILES string of the molecule is COC(=O)c1cc(N)cnc1NCC1CCOC1C. The fourth-order valence-electron chi connectivity index (χ4n) is 2.16. The highest BCUT2D eigenvalue weighted by molar-refractivity contribution is 5.95. The van der Waals surface area contributed by atoms with Crippen molar-refractivity contribution >= 4 is 17.5 Å². The number of rotatable bonds is 4. The minimum absolute atomic E-state index is 0.225. The molecule has 1 aromatic rings. The van der Waals surface area contributed by atoms with Crippen LogP contribution in [0.4, 0.5) is 11.5 Å². The molecule has 2 rings (SSSR count). The number of methoxy groups -OCH3 is 1. The van der Waals surface area contributed by atoms with Crippen LogP contribution in [0.3, 0.4) is 0 Å². The summed E-state index contributed by atoms with van der Waals surface area (Å²) in [4.78, 5) is 15.8. The van der Waals surface area contributed by atoms with E-state index in [9.17, 15) is 4.79 Å². The van der Waals surface area contributed by atoms with Gasteiger partial charge in [0.1, 0.15) is 11.4 Å². The molecule has 0 spiro atoms. The molecule has 0 aliphatic carbocycles. The monoisotopic (exact) mass is 265 g/mol. The van der Waals surface area contributed by atoms with Crippen LogP contribution in [0.25, 0.3) is 0 Å². The van der Waals surface area contributed by atoms with Crippen LogP contribution in [0.5, 0.6) is 0 Å². The van der Waals surface area contributed by atoms with E-state index in [0.717, 1.165) is 13.0 Å². The van der Waals surface area contributed by atoms with E-state index < -0.39 is 5.97 Å².